The largest absolute Gasteiger partial charge is 0.497 e. The van der Waals surface area contributed by atoms with Gasteiger partial charge in [0.05, 0.1) is 20.4 Å². The molecular weight excluding hydrogens is 458 g/mol. The highest BCUT2D eigenvalue weighted by atomic mass is 35.5. The third-order valence-electron chi connectivity index (χ3n) is 4.59. The second kappa shape index (κ2) is 12.3. The van der Waals surface area contributed by atoms with Crippen molar-refractivity contribution < 1.29 is 23.8 Å². The number of amides is 2. The molecule has 176 valence electrons. The van der Waals surface area contributed by atoms with Crippen molar-refractivity contribution in [1.82, 2.24) is 5.43 Å². The lowest BCUT2D eigenvalue weighted by Gasteiger charge is -2.11. The number of carbonyl (C=O) groups is 2. The molecule has 0 aliphatic rings. The zero-order valence-corrected chi connectivity index (χ0v) is 19.5. The molecule has 3 aromatic carbocycles. The van der Waals surface area contributed by atoms with Gasteiger partial charge in [0.15, 0.2) is 11.5 Å². The molecular formula is C25H24ClN3O5. The van der Waals surface area contributed by atoms with Gasteiger partial charge in [-0.2, -0.15) is 5.10 Å². The highest BCUT2D eigenvalue weighted by Gasteiger charge is 2.10. The van der Waals surface area contributed by atoms with Crippen LogP contribution in [0.15, 0.2) is 71.8 Å². The number of hydrogen-bond acceptors (Lipinski definition) is 6. The molecule has 0 aromatic heterocycles. The molecule has 0 spiro atoms. The fourth-order valence-electron chi connectivity index (χ4n) is 2.87. The Morgan fingerprint density at radius 1 is 0.912 bits per heavy atom. The Hall–Kier alpha value is -4.04. The Morgan fingerprint density at radius 3 is 2.32 bits per heavy atom. The van der Waals surface area contributed by atoms with Gasteiger partial charge in [0.1, 0.15) is 18.8 Å². The van der Waals surface area contributed by atoms with Crippen LogP contribution in [-0.2, 0) is 16.2 Å². The van der Waals surface area contributed by atoms with Crippen molar-refractivity contribution in [2.75, 3.05) is 19.5 Å². The van der Waals surface area contributed by atoms with Crippen molar-refractivity contribution in [2.45, 2.75) is 13.0 Å². The van der Waals surface area contributed by atoms with E-state index in [1.807, 2.05) is 12.1 Å². The van der Waals surface area contributed by atoms with Crippen molar-refractivity contribution in [3.05, 3.63) is 82.9 Å². The van der Waals surface area contributed by atoms with Gasteiger partial charge in [0, 0.05) is 10.7 Å². The van der Waals surface area contributed by atoms with E-state index in [9.17, 15) is 9.59 Å². The SMILES string of the molecule is COc1ccc(NC(=O)CC(=O)NN=Cc2ccc(OCc3ccc(Cl)cc3)c(OC)c2)cc1. The number of methoxy groups -OCH3 is 2. The molecule has 8 nitrogen and oxygen atoms in total. The summed E-state index contributed by atoms with van der Waals surface area (Å²) in [5.74, 6) is 0.749. The smallest absolute Gasteiger partial charge is 0.249 e. The number of hydrazone groups is 1. The molecule has 3 aromatic rings. The summed E-state index contributed by atoms with van der Waals surface area (Å²) in [5.41, 5.74) is 4.55. The van der Waals surface area contributed by atoms with E-state index in [0.717, 1.165) is 5.56 Å². The van der Waals surface area contributed by atoms with Crippen LogP contribution in [0.4, 0.5) is 5.69 Å². The van der Waals surface area contributed by atoms with Crippen LogP contribution in [0.5, 0.6) is 17.2 Å². The molecule has 34 heavy (non-hydrogen) atoms. The number of carbonyl (C=O) groups excluding carboxylic acids is 2. The summed E-state index contributed by atoms with van der Waals surface area (Å²) in [5, 5.41) is 7.20. The van der Waals surface area contributed by atoms with Crippen molar-refractivity contribution in [3.63, 3.8) is 0 Å². The first-order chi connectivity index (χ1) is 16.5. The van der Waals surface area contributed by atoms with Crippen molar-refractivity contribution in [2.24, 2.45) is 5.10 Å². The standard InChI is InChI=1S/C25H24ClN3O5/c1-32-21-10-8-20(9-11-21)28-24(30)14-25(31)29-27-15-18-5-12-22(23(13-18)33-2)34-16-17-3-6-19(26)7-4-17/h3-13,15H,14,16H2,1-2H3,(H,28,30)(H,29,31). The van der Waals surface area contributed by atoms with Crippen LogP contribution in [0.1, 0.15) is 17.5 Å². The fraction of sp³-hybridized carbons (Fsp3) is 0.160. The highest BCUT2D eigenvalue weighted by molar-refractivity contribution is 6.30. The molecule has 9 heteroatoms. The van der Waals surface area contributed by atoms with E-state index in [4.69, 9.17) is 25.8 Å². The number of halogens is 1. The second-order valence-electron chi connectivity index (χ2n) is 7.07. The zero-order chi connectivity index (χ0) is 24.3. The first-order valence-electron chi connectivity index (χ1n) is 10.3. The van der Waals surface area contributed by atoms with E-state index < -0.39 is 11.8 Å². The summed E-state index contributed by atoms with van der Waals surface area (Å²) >= 11 is 5.90. The molecule has 0 radical (unpaired) electrons. The Morgan fingerprint density at radius 2 is 1.65 bits per heavy atom. The summed E-state index contributed by atoms with van der Waals surface area (Å²) in [6.07, 6.45) is 1.08. The minimum Gasteiger partial charge on any atom is -0.497 e. The van der Waals surface area contributed by atoms with Crippen molar-refractivity contribution in [1.29, 1.82) is 0 Å². The first-order valence-corrected chi connectivity index (χ1v) is 10.7. The van der Waals surface area contributed by atoms with Gasteiger partial charge < -0.3 is 19.5 Å². The molecule has 2 amide bonds. The van der Waals surface area contributed by atoms with Crippen molar-refractivity contribution in [3.8, 4) is 17.2 Å². The summed E-state index contributed by atoms with van der Waals surface area (Å²) in [6, 6.07) is 19.4. The monoisotopic (exact) mass is 481 g/mol. The third-order valence-corrected chi connectivity index (χ3v) is 4.85. The number of ether oxygens (including phenoxy) is 3. The Balaban J connectivity index is 1.49. The Bertz CT molecular complexity index is 1150. The number of nitrogens with one attached hydrogen (secondary N) is 2. The van der Waals surface area contributed by atoms with E-state index >= 15 is 0 Å². The molecule has 0 unspecified atom stereocenters. The molecule has 0 bridgehead atoms. The van der Waals surface area contributed by atoms with Crippen LogP contribution in [0.25, 0.3) is 0 Å². The van der Waals surface area contributed by atoms with E-state index in [2.05, 4.69) is 15.8 Å². The molecule has 0 saturated heterocycles. The number of nitrogens with zero attached hydrogens (tertiary/aromatic N) is 1. The fourth-order valence-corrected chi connectivity index (χ4v) is 3.00. The summed E-state index contributed by atoms with van der Waals surface area (Å²) < 4.78 is 16.3. The van der Waals surface area contributed by atoms with Gasteiger partial charge in [-0.25, -0.2) is 5.43 Å². The normalized spacial score (nSPS) is 10.6. The highest BCUT2D eigenvalue weighted by Crippen LogP contribution is 2.28. The van der Waals surface area contributed by atoms with Crippen LogP contribution >= 0.6 is 11.6 Å². The minimum absolute atomic E-state index is 0.357. The first kappa shape index (κ1) is 24.6. The lowest BCUT2D eigenvalue weighted by Crippen LogP contribution is -2.24. The topological polar surface area (TPSA) is 98.2 Å². The number of benzene rings is 3. The predicted molar refractivity (Wildman–Crippen MR) is 131 cm³/mol. The third kappa shape index (κ3) is 7.53. The zero-order valence-electron chi connectivity index (χ0n) is 18.7. The van der Waals surface area contributed by atoms with Gasteiger partial charge in [-0.1, -0.05) is 23.7 Å². The van der Waals surface area contributed by atoms with Crippen molar-refractivity contribution >= 4 is 35.3 Å². The average molecular weight is 482 g/mol. The van der Waals surface area contributed by atoms with E-state index in [1.54, 1.807) is 61.7 Å². The van der Waals surface area contributed by atoms with Gasteiger partial charge in [-0.3, -0.25) is 9.59 Å². The maximum absolute atomic E-state index is 12.0. The molecule has 0 atom stereocenters. The average Bonchev–Trinajstić information content (AvgIpc) is 2.84. The number of rotatable bonds is 10. The lowest BCUT2D eigenvalue weighted by atomic mass is 10.2. The summed E-state index contributed by atoms with van der Waals surface area (Å²) in [7, 11) is 3.09. The Labute approximate surface area is 202 Å². The summed E-state index contributed by atoms with van der Waals surface area (Å²) in [6.45, 7) is 0.357. The second-order valence-corrected chi connectivity index (χ2v) is 7.51. The molecule has 0 heterocycles. The summed E-state index contributed by atoms with van der Waals surface area (Å²) in [4.78, 5) is 24.0. The number of hydrogen-bond donors (Lipinski definition) is 2. The molecule has 0 saturated carbocycles. The van der Waals surface area contributed by atoms with E-state index in [0.29, 0.717) is 40.1 Å². The van der Waals surface area contributed by atoms with Gasteiger partial charge in [-0.15, -0.1) is 0 Å². The van der Waals surface area contributed by atoms with E-state index in [-0.39, 0.29) is 6.42 Å². The molecule has 0 aliphatic carbocycles. The van der Waals surface area contributed by atoms with Crippen LogP contribution in [0.3, 0.4) is 0 Å². The number of anilines is 1. The maximum atomic E-state index is 12.0. The quantitative estimate of drug-likeness (QED) is 0.254. The lowest BCUT2D eigenvalue weighted by molar-refractivity contribution is -0.126. The van der Waals surface area contributed by atoms with E-state index in [1.165, 1.54) is 13.3 Å². The van der Waals surface area contributed by atoms with Crippen LogP contribution in [0.2, 0.25) is 5.02 Å². The Kier molecular flexibility index (Phi) is 8.88. The predicted octanol–water partition coefficient (Wildman–Crippen LogP) is 4.42. The maximum Gasteiger partial charge on any atom is 0.249 e. The minimum atomic E-state index is -0.544. The van der Waals surface area contributed by atoms with Gasteiger partial charge in [0.25, 0.3) is 0 Å². The van der Waals surface area contributed by atoms with Gasteiger partial charge in [0.2, 0.25) is 11.8 Å². The van der Waals surface area contributed by atoms with Crippen LogP contribution in [0, 0.1) is 0 Å². The van der Waals surface area contributed by atoms with Crippen LogP contribution < -0.4 is 25.0 Å². The van der Waals surface area contributed by atoms with Gasteiger partial charge >= 0.3 is 0 Å². The van der Waals surface area contributed by atoms with Crippen LogP contribution in [-0.4, -0.2) is 32.2 Å². The molecule has 2 N–H and O–H groups in total. The molecule has 0 fully saturated rings. The molecule has 0 aliphatic heterocycles. The molecule has 3 rings (SSSR count). The van der Waals surface area contributed by atoms with Gasteiger partial charge in [-0.05, 0) is 65.7 Å².